The number of nitrogens with one attached hydrogen (secondary N) is 1. The number of carboxylic acid groups (broad SMARTS) is 1. The first-order valence-electron chi connectivity index (χ1n) is 7.32. The quantitative estimate of drug-likeness (QED) is 0.843. The van der Waals surface area contributed by atoms with Crippen molar-refractivity contribution in [3.05, 3.63) is 35.6 Å². The molecule has 1 aliphatic carbocycles. The molecule has 5 nitrogen and oxygen atoms in total. The predicted octanol–water partition coefficient (Wildman–Crippen LogP) is 3.85. The summed E-state index contributed by atoms with van der Waals surface area (Å²) in [6.45, 7) is 0. The number of amides is 1. The maximum absolute atomic E-state index is 10.6. The summed E-state index contributed by atoms with van der Waals surface area (Å²) in [5.74, 6) is 0.810. The van der Waals surface area contributed by atoms with Crippen molar-refractivity contribution in [2.24, 2.45) is 0 Å². The lowest BCUT2D eigenvalue weighted by Gasteiger charge is -2.28. The SMILES string of the molecule is O=C(O)NC1CCC(Oc2ccc3c(Cl)nccc3c2)CC1. The maximum atomic E-state index is 10.6. The van der Waals surface area contributed by atoms with Gasteiger partial charge in [0.25, 0.3) is 0 Å². The van der Waals surface area contributed by atoms with Crippen molar-refractivity contribution in [3.8, 4) is 5.75 Å². The molecule has 1 heterocycles. The van der Waals surface area contributed by atoms with Crippen LogP contribution in [0.2, 0.25) is 5.15 Å². The molecule has 0 radical (unpaired) electrons. The number of carbonyl (C=O) groups is 1. The van der Waals surface area contributed by atoms with E-state index in [9.17, 15) is 4.79 Å². The molecule has 0 spiro atoms. The van der Waals surface area contributed by atoms with Gasteiger partial charge in [-0.05, 0) is 55.3 Å². The van der Waals surface area contributed by atoms with Crippen LogP contribution in [0.3, 0.4) is 0 Å². The number of ether oxygens (including phenoxy) is 1. The zero-order valence-corrected chi connectivity index (χ0v) is 12.7. The van der Waals surface area contributed by atoms with Gasteiger partial charge in [-0.25, -0.2) is 9.78 Å². The van der Waals surface area contributed by atoms with Crippen molar-refractivity contribution in [3.63, 3.8) is 0 Å². The Kier molecular flexibility index (Phi) is 4.34. The Hall–Kier alpha value is -2.01. The maximum Gasteiger partial charge on any atom is 0.404 e. The summed E-state index contributed by atoms with van der Waals surface area (Å²) in [6.07, 6.45) is 4.16. The molecule has 1 aromatic carbocycles. The molecule has 0 saturated heterocycles. The van der Waals surface area contributed by atoms with E-state index in [4.69, 9.17) is 21.4 Å². The van der Waals surface area contributed by atoms with Gasteiger partial charge in [-0.2, -0.15) is 0 Å². The molecule has 3 rings (SSSR count). The van der Waals surface area contributed by atoms with Crippen LogP contribution >= 0.6 is 11.6 Å². The second-order valence-corrected chi connectivity index (χ2v) is 5.88. The topological polar surface area (TPSA) is 71.5 Å². The zero-order valence-electron chi connectivity index (χ0n) is 12.0. The molecule has 1 fully saturated rings. The second kappa shape index (κ2) is 6.40. The Morgan fingerprint density at radius 3 is 2.77 bits per heavy atom. The van der Waals surface area contributed by atoms with E-state index in [0.717, 1.165) is 42.2 Å². The average Bonchev–Trinajstić information content (AvgIpc) is 2.49. The van der Waals surface area contributed by atoms with Crippen molar-refractivity contribution in [1.82, 2.24) is 10.3 Å². The standard InChI is InChI=1S/C16H17ClN2O3/c17-15-14-6-5-13(9-10(14)7-8-18-15)22-12-3-1-11(2-4-12)19-16(20)21/h5-9,11-12,19H,1-4H2,(H,20,21). The lowest BCUT2D eigenvalue weighted by molar-refractivity contribution is 0.134. The Morgan fingerprint density at radius 1 is 1.27 bits per heavy atom. The minimum Gasteiger partial charge on any atom is -0.490 e. The molecular weight excluding hydrogens is 304 g/mol. The first kappa shape index (κ1) is 14.9. The monoisotopic (exact) mass is 320 g/mol. The highest BCUT2D eigenvalue weighted by Gasteiger charge is 2.23. The number of fused-ring (bicyclic) bond motifs is 1. The lowest BCUT2D eigenvalue weighted by Crippen LogP contribution is -2.38. The largest absolute Gasteiger partial charge is 0.490 e. The third kappa shape index (κ3) is 3.42. The Bertz CT molecular complexity index is 684. The van der Waals surface area contributed by atoms with E-state index in [1.165, 1.54) is 0 Å². The van der Waals surface area contributed by atoms with Gasteiger partial charge >= 0.3 is 6.09 Å². The van der Waals surface area contributed by atoms with Crippen molar-refractivity contribution >= 4 is 28.5 Å². The zero-order chi connectivity index (χ0) is 15.5. The van der Waals surface area contributed by atoms with E-state index in [1.54, 1.807) is 6.20 Å². The molecule has 1 amide bonds. The van der Waals surface area contributed by atoms with Gasteiger partial charge < -0.3 is 15.2 Å². The Morgan fingerprint density at radius 2 is 2.05 bits per heavy atom. The number of nitrogens with zero attached hydrogens (tertiary/aromatic N) is 1. The van der Waals surface area contributed by atoms with Crippen LogP contribution in [0.15, 0.2) is 30.5 Å². The van der Waals surface area contributed by atoms with Crippen LogP contribution in [-0.4, -0.2) is 28.3 Å². The molecule has 1 aromatic heterocycles. The third-order valence-corrected chi connectivity index (χ3v) is 4.29. The number of hydrogen-bond acceptors (Lipinski definition) is 3. The number of aromatic nitrogens is 1. The summed E-state index contributed by atoms with van der Waals surface area (Å²) < 4.78 is 6.02. The van der Waals surface area contributed by atoms with E-state index in [2.05, 4.69) is 10.3 Å². The Balaban J connectivity index is 1.63. The van der Waals surface area contributed by atoms with Gasteiger partial charge in [-0.15, -0.1) is 0 Å². The van der Waals surface area contributed by atoms with Gasteiger partial charge in [0.2, 0.25) is 0 Å². The summed E-state index contributed by atoms with van der Waals surface area (Å²) in [7, 11) is 0. The highest BCUT2D eigenvalue weighted by molar-refractivity contribution is 6.34. The summed E-state index contributed by atoms with van der Waals surface area (Å²) in [5, 5.41) is 13.7. The van der Waals surface area contributed by atoms with Gasteiger partial charge in [-0.3, -0.25) is 0 Å². The van der Waals surface area contributed by atoms with E-state index < -0.39 is 6.09 Å². The highest BCUT2D eigenvalue weighted by atomic mass is 35.5. The van der Waals surface area contributed by atoms with Crippen molar-refractivity contribution in [2.75, 3.05) is 0 Å². The molecule has 0 atom stereocenters. The van der Waals surface area contributed by atoms with E-state index >= 15 is 0 Å². The molecule has 0 unspecified atom stereocenters. The lowest BCUT2D eigenvalue weighted by atomic mass is 9.93. The fourth-order valence-corrected chi connectivity index (χ4v) is 3.11. The average molecular weight is 321 g/mol. The fraction of sp³-hybridized carbons (Fsp3) is 0.375. The van der Waals surface area contributed by atoms with E-state index in [0.29, 0.717) is 5.15 Å². The predicted molar refractivity (Wildman–Crippen MR) is 84.6 cm³/mol. The molecule has 116 valence electrons. The summed E-state index contributed by atoms with van der Waals surface area (Å²) in [4.78, 5) is 14.7. The summed E-state index contributed by atoms with van der Waals surface area (Å²) in [5.41, 5.74) is 0. The normalized spacial score (nSPS) is 21.5. The number of benzene rings is 1. The number of halogens is 1. The van der Waals surface area contributed by atoms with Gasteiger partial charge in [0.05, 0.1) is 6.10 Å². The summed E-state index contributed by atoms with van der Waals surface area (Å²) in [6, 6.07) is 7.72. The van der Waals surface area contributed by atoms with E-state index in [-0.39, 0.29) is 12.1 Å². The molecule has 22 heavy (non-hydrogen) atoms. The van der Waals surface area contributed by atoms with Crippen LogP contribution in [0.5, 0.6) is 5.75 Å². The van der Waals surface area contributed by atoms with Crippen LogP contribution < -0.4 is 10.1 Å². The van der Waals surface area contributed by atoms with Crippen LogP contribution in [0.1, 0.15) is 25.7 Å². The van der Waals surface area contributed by atoms with Crippen molar-refractivity contribution in [1.29, 1.82) is 0 Å². The first-order chi connectivity index (χ1) is 10.6. The Labute approximate surface area is 133 Å². The summed E-state index contributed by atoms with van der Waals surface area (Å²) >= 11 is 6.05. The minimum atomic E-state index is -0.954. The molecule has 6 heteroatoms. The second-order valence-electron chi connectivity index (χ2n) is 5.53. The molecular formula is C16H17ClN2O3. The third-order valence-electron chi connectivity index (χ3n) is 3.99. The molecule has 2 aromatic rings. The minimum absolute atomic E-state index is 0.0406. The number of rotatable bonds is 3. The van der Waals surface area contributed by atoms with Crippen LogP contribution in [0.25, 0.3) is 10.8 Å². The van der Waals surface area contributed by atoms with E-state index in [1.807, 2.05) is 24.3 Å². The molecule has 1 aliphatic rings. The van der Waals surface area contributed by atoms with Gasteiger partial charge in [-0.1, -0.05) is 11.6 Å². The fourth-order valence-electron chi connectivity index (χ4n) is 2.88. The van der Waals surface area contributed by atoms with Gasteiger partial charge in [0.15, 0.2) is 0 Å². The molecule has 2 N–H and O–H groups in total. The molecule has 0 bridgehead atoms. The van der Waals surface area contributed by atoms with Gasteiger partial charge in [0.1, 0.15) is 10.9 Å². The molecule has 1 saturated carbocycles. The van der Waals surface area contributed by atoms with Crippen molar-refractivity contribution < 1.29 is 14.6 Å². The van der Waals surface area contributed by atoms with Gasteiger partial charge in [0, 0.05) is 17.6 Å². The van der Waals surface area contributed by atoms with Crippen LogP contribution in [-0.2, 0) is 0 Å². The number of hydrogen-bond donors (Lipinski definition) is 2. The van der Waals surface area contributed by atoms with Crippen molar-refractivity contribution in [2.45, 2.75) is 37.8 Å². The smallest absolute Gasteiger partial charge is 0.404 e. The van der Waals surface area contributed by atoms with Crippen LogP contribution in [0.4, 0.5) is 4.79 Å². The first-order valence-corrected chi connectivity index (χ1v) is 7.70. The van der Waals surface area contributed by atoms with Crippen LogP contribution in [0, 0.1) is 0 Å². The highest BCUT2D eigenvalue weighted by Crippen LogP contribution is 2.28. The number of pyridine rings is 1. The molecule has 0 aliphatic heterocycles.